The predicted molar refractivity (Wildman–Crippen MR) is 148 cm³/mol. The molecule has 0 spiro atoms. The number of anilines is 1. The minimum atomic E-state index is -0.616. The zero-order valence-corrected chi connectivity index (χ0v) is 22.2. The molecule has 4 unspecified atom stereocenters. The van der Waals surface area contributed by atoms with Crippen LogP contribution in [0.3, 0.4) is 0 Å². The molecule has 1 amide bonds. The lowest BCUT2D eigenvalue weighted by atomic mass is 9.91. The normalized spacial score (nSPS) is 21.2. The SMILES string of the molecule is CC1C(CSc2nccn2C)OC(c2cccc(NC(=O)c3ccccc3)c2)OC1c1ccc(CO)cc1. The van der Waals surface area contributed by atoms with Crippen LogP contribution in [0, 0.1) is 5.92 Å². The number of hydrogen-bond acceptors (Lipinski definition) is 6. The van der Waals surface area contributed by atoms with E-state index in [1.54, 1.807) is 30.1 Å². The first kappa shape index (κ1) is 26.2. The number of hydrogen-bond donors (Lipinski definition) is 2. The second-order valence-electron chi connectivity index (χ2n) is 9.40. The third-order valence-electron chi connectivity index (χ3n) is 6.73. The fourth-order valence-electron chi connectivity index (χ4n) is 4.51. The molecule has 2 heterocycles. The van der Waals surface area contributed by atoms with E-state index in [1.807, 2.05) is 84.5 Å². The van der Waals surface area contributed by atoms with Gasteiger partial charge in [0.1, 0.15) is 0 Å². The van der Waals surface area contributed by atoms with Crippen LogP contribution >= 0.6 is 11.8 Å². The molecule has 0 bridgehead atoms. The molecule has 1 aromatic heterocycles. The molecule has 7 nitrogen and oxygen atoms in total. The van der Waals surface area contributed by atoms with Crippen LogP contribution < -0.4 is 5.32 Å². The fraction of sp³-hybridized carbons (Fsp3) is 0.267. The Morgan fingerprint density at radius 1 is 1.03 bits per heavy atom. The first-order valence-corrected chi connectivity index (χ1v) is 13.6. The van der Waals surface area contributed by atoms with Crippen molar-refractivity contribution in [2.24, 2.45) is 13.0 Å². The summed E-state index contributed by atoms with van der Waals surface area (Å²) in [5, 5.41) is 13.4. The number of aliphatic hydroxyl groups is 1. The van der Waals surface area contributed by atoms with Crippen LogP contribution in [0.1, 0.15) is 46.4 Å². The fourth-order valence-corrected chi connectivity index (χ4v) is 5.61. The van der Waals surface area contributed by atoms with Crippen molar-refractivity contribution in [1.82, 2.24) is 9.55 Å². The number of rotatable bonds is 8. The molecule has 4 atom stereocenters. The Morgan fingerprint density at radius 3 is 2.53 bits per heavy atom. The highest BCUT2D eigenvalue weighted by Crippen LogP contribution is 2.43. The van der Waals surface area contributed by atoms with E-state index >= 15 is 0 Å². The average molecular weight is 530 g/mol. The summed E-state index contributed by atoms with van der Waals surface area (Å²) in [5.74, 6) is 0.606. The molecule has 5 rings (SSSR count). The van der Waals surface area contributed by atoms with E-state index in [2.05, 4.69) is 17.2 Å². The summed E-state index contributed by atoms with van der Waals surface area (Å²) in [6.45, 7) is 2.14. The third kappa shape index (κ3) is 6.00. The van der Waals surface area contributed by atoms with Crippen molar-refractivity contribution in [2.75, 3.05) is 11.1 Å². The minimum Gasteiger partial charge on any atom is -0.392 e. The number of imidazole rings is 1. The Hall–Kier alpha value is -3.43. The van der Waals surface area contributed by atoms with Gasteiger partial charge in [-0.25, -0.2) is 4.98 Å². The van der Waals surface area contributed by atoms with Crippen molar-refractivity contribution in [3.05, 3.63) is 114 Å². The zero-order chi connectivity index (χ0) is 26.5. The van der Waals surface area contributed by atoms with Crippen LogP contribution in [0.2, 0.25) is 0 Å². The molecule has 2 N–H and O–H groups in total. The summed E-state index contributed by atoms with van der Waals surface area (Å²) >= 11 is 1.65. The number of aliphatic hydroxyl groups excluding tert-OH is 1. The Labute approximate surface area is 226 Å². The molecule has 1 aliphatic rings. The maximum Gasteiger partial charge on any atom is 0.255 e. The molecule has 196 valence electrons. The van der Waals surface area contributed by atoms with Gasteiger partial charge in [0.05, 0.1) is 18.8 Å². The molecular formula is C30H31N3O4S. The molecule has 8 heteroatoms. The molecule has 4 aromatic rings. The van der Waals surface area contributed by atoms with Crippen molar-refractivity contribution in [3.8, 4) is 0 Å². The van der Waals surface area contributed by atoms with Crippen LogP contribution in [-0.2, 0) is 23.1 Å². The minimum absolute atomic E-state index is 0.00246. The van der Waals surface area contributed by atoms with E-state index in [1.165, 1.54) is 0 Å². The first-order valence-electron chi connectivity index (χ1n) is 12.6. The molecular weight excluding hydrogens is 498 g/mol. The Balaban J connectivity index is 1.39. The van der Waals surface area contributed by atoms with E-state index in [0.717, 1.165) is 21.8 Å². The lowest BCUT2D eigenvalue weighted by Gasteiger charge is -2.41. The van der Waals surface area contributed by atoms with E-state index in [4.69, 9.17) is 9.47 Å². The molecule has 38 heavy (non-hydrogen) atoms. The van der Waals surface area contributed by atoms with Crippen LogP contribution in [-0.4, -0.2) is 32.4 Å². The van der Waals surface area contributed by atoms with Gasteiger partial charge in [-0.2, -0.15) is 0 Å². The number of aryl methyl sites for hydroxylation is 1. The summed E-state index contributed by atoms with van der Waals surface area (Å²) < 4.78 is 15.1. The van der Waals surface area contributed by atoms with E-state index in [-0.39, 0.29) is 30.6 Å². The topological polar surface area (TPSA) is 85.6 Å². The van der Waals surface area contributed by atoms with Crippen molar-refractivity contribution in [3.63, 3.8) is 0 Å². The molecule has 1 fully saturated rings. The number of benzene rings is 3. The Kier molecular flexibility index (Phi) is 8.24. The summed E-state index contributed by atoms with van der Waals surface area (Å²) in [6.07, 6.45) is 2.78. The van der Waals surface area contributed by atoms with Gasteiger partial charge in [-0.3, -0.25) is 4.79 Å². The predicted octanol–water partition coefficient (Wildman–Crippen LogP) is 5.75. The Morgan fingerprint density at radius 2 is 1.82 bits per heavy atom. The van der Waals surface area contributed by atoms with Crippen LogP contribution in [0.4, 0.5) is 5.69 Å². The molecule has 3 aromatic carbocycles. The van der Waals surface area contributed by atoms with Crippen molar-refractivity contribution in [1.29, 1.82) is 0 Å². The number of carbonyl (C=O) groups excluding carboxylic acids is 1. The van der Waals surface area contributed by atoms with E-state index in [0.29, 0.717) is 17.0 Å². The van der Waals surface area contributed by atoms with Crippen molar-refractivity contribution in [2.45, 2.75) is 37.2 Å². The number of nitrogens with zero attached hydrogens (tertiary/aromatic N) is 2. The van der Waals surface area contributed by atoms with Gasteiger partial charge in [0.2, 0.25) is 0 Å². The van der Waals surface area contributed by atoms with Gasteiger partial charge in [-0.1, -0.05) is 73.3 Å². The number of nitrogens with one attached hydrogen (secondary N) is 1. The van der Waals surface area contributed by atoms with Gasteiger partial charge in [0, 0.05) is 47.9 Å². The molecule has 1 aliphatic heterocycles. The standard InChI is InChI=1S/C30H31N3O4S/c1-20-26(19-38-30-31-15-16-33(30)2)36-29(37-27(20)22-13-11-21(18-34)12-14-22)24-9-6-10-25(17-24)32-28(35)23-7-4-3-5-8-23/h3-17,20,26-27,29,34H,18-19H2,1-2H3,(H,32,35). The second kappa shape index (κ2) is 12.0. The van der Waals surface area contributed by atoms with Gasteiger partial charge in [0.25, 0.3) is 5.91 Å². The van der Waals surface area contributed by atoms with Gasteiger partial charge in [0.15, 0.2) is 11.4 Å². The second-order valence-corrected chi connectivity index (χ2v) is 10.4. The highest BCUT2D eigenvalue weighted by molar-refractivity contribution is 7.99. The van der Waals surface area contributed by atoms with Gasteiger partial charge in [-0.15, -0.1) is 0 Å². The zero-order valence-electron chi connectivity index (χ0n) is 21.4. The average Bonchev–Trinajstić information content (AvgIpc) is 3.37. The third-order valence-corrected chi connectivity index (χ3v) is 7.88. The van der Waals surface area contributed by atoms with Gasteiger partial charge < -0.3 is 24.5 Å². The highest BCUT2D eigenvalue weighted by Gasteiger charge is 2.38. The number of ether oxygens (including phenoxy) is 2. The maximum atomic E-state index is 12.7. The van der Waals surface area contributed by atoms with Crippen molar-refractivity contribution >= 4 is 23.4 Å². The first-order chi connectivity index (χ1) is 18.5. The summed E-state index contributed by atoms with van der Waals surface area (Å²) in [7, 11) is 1.98. The number of aromatic nitrogens is 2. The largest absolute Gasteiger partial charge is 0.392 e. The Bertz CT molecular complexity index is 1360. The van der Waals surface area contributed by atoms with Crippen LogP contribution in [0.25, 0.3) is 0 Å². The van der Waals surface area contributed by atoms with Crippen LogP contribution in [0.15, 0.2) is 96.4 Å². The number of thioether (sulfide) groups is 1. The molecule has 1 saturated heterocycles. The van der Waals surface area contributed by atoms with Crippen molar-refractivity contribution < 1.29 is 19.4 Å². The molecule has 0 saturated carbocycles. The summed E-state index contributed by atoms with van der Waals surface area (Å²) in [4.78, 5) is 17.1. The van der Waals surface area contributed by atoms with Gasteiger partial charge >= 0.3 is 0 Å². The smallest absolute Gasteiger partial charge is 0.255 e. The monoisotopic (exact) mass is 529 g/mol. The number of amides is 1. The molecule has 0 aliphatic carbocycles. The van der Waals surface area contributed by atoms with Gasteiger partial charge in [-0.05, 0) is 35.4 Å². The summed E-state index contributed by atoms with van der Waals surface area (Å²) in [5.41, 5.74) is 3.98. The lowest BCUT2D eigenvalue weighted by molar-refractivity contribution is -0.268. The summed E-state index contributed by atoms with van der Waals surface area (Å²) in [6, 6.07) is 24.6. The van der Waals surface area contributed by atoms with Crippen LogP contribution in [0.5, 0.6) is 0 Å². The lowest BCUT2D eigenvalue weighted by Crippen LogP contribution is -2.38. The number of carbonyl (C=O) groups is 1. The quantitative estimate of drug-likeness (QED) is 0.283. The maximum absolute atomic E-state index is 12.7. The van der Waals surface area contributed by atoms with E-state index in [9.17, 15) is 9.90 Å². The molecule has 0 radical (unpaired) electrons. The highest BCUT2D eigenvalue weighted by atomic mass is 32.2. The van der Waals surface area contributed by atoms with E-state index < -0.39 is 6.29 Å².